The van der Waals surface area contributed by atoms with Gasteiger partial charge in [0.2, 0.25) is 5.72 Å². The summed E-state index contributed by atoms with van der Waals surface area (Å²) in [5, 5.41) is 27.5. The molecule has 0 fully saturated rings. The third-order valence-electron chi connectivity index (χ3n) is 2.06. The molecule has 0 bridgehead atoms. The number of hydrogen-bond donors (Lipinski definition) is 3. The number of rotatable bonds is 3. The molecular formula is C8H11NO5. The third-order valence-corrected chi connectivity index (χ3v) is 2.06. The second-order valence-electron chi connectivity index (χ2n) is 2.88. The Kier molecular flexibility index (Phi) is 2.39. The predicted octanol–water partition coefficient (Wildman–Crippen LogP) is 0.303. The molecule has 0 saturated carbocycles. The fourth-order valence-corrected chi connectivity index (χ4v) is 1.13. The Bertz CT molecular complexity index is 339. The highest BCUT2D eigenvalue weighted by Crippen LogP contribution is 2.31. The molecule has 0 aliphatic rings. The number of carboxylic acid groups (broad SMARTS) is 1. The van der Waals surface area contributed by atoms with E-state index >= 15 is 0 Å². The zero-order chi connectivity index (χ0) is 10.9. The van der Waals surface area contributed by atoms with Crippen LogP contribution in [-0.4, -0.2) is 33.0 Å². The van der Waals surface area contributed by atoms with Gasteiger partial charge in [-0.1, -0.05) is 0 Å². The van der Waals surface area contributed by atoms with Gasteiger partial charge in [0.25, 0.3) is 0 Å². The van der Waals surface area contributed by atoms with Gasteiger partial charge in [0.15, 0.2) is 11.8 Å². The van der Waals surface area contributed by atoms with Crippen LogP contribution < -0.4 is 0 Å². The SMILES string of the molecule is CO[C@](C)(C(=O)O)n1c(O)ccc1O. The summed E-state index contributed by atoms with van der Waals surface area (Å²) in [5.74, 6) is -2.08. The van der Waals surface area contributed by atoms with E-state index in [4.69, 9.17) is 9.84 Å². The third kappa shape index (κ3) is 1.29. The van der Waals surface area contributed by atoms with Crippen molar-refractivity contribution in [2.45, 2.75) is 12.6 Å². The molecule has 1 rings (SSSR count). The van der Waals surface area contributed by atoms with Gasteiger partial charge in [-0.05, 0) is 6.92 Å². The lowest BCUT2D eigenvalue weighted by Gasteiger charge is -2.25. The van der Waals surface area contributed by atoms with Crippen molar-refractivity contribution >= 4 is 5.97 Å². The second kappa shape index (κ2) is 3.22. The van der Waals surface area contributed by atoms with Gasteiger partial charge >= 0.3 is 5.97 Å². The zero-order valence-electron chi connectivity index (χ0n) is 7.76. The number of aromatic hydroxyl groups is 2. The van der Waals surface area contributed by atoms with Gasteiger partial charge in [-0.25, -0.2) is 9.36 Å². The highest BCUT2D eigenvalue weighted by Gasteiger charge is 2.38. The van der Waals surface area contributed by atoms with E-state index in [1.807, 2.05) is 0 Å². The summed E-state index contributed by atoms with van der Waals surface area (Å²) in [4.78, 5) is 10.9. The number of hydrogen-bond acceptors (Lipinski definition) is 4. The fraction of sp³-hybridized carbons (Fsp3) is 0.375. The van der Waals surface area contributed by atoms with Crippen LogP contribution in [0.5, 0.6) is 11.8 Å². The molecule has 0 amide bonds. The molecule has 0 aliphatic heterocycles. The van der Waals surface area contributed by atoms with Crippen molar-refractivity contribution in [3.8, 4) is 11.8 Å². The Hall–Kier alpha value is -1.69. The summed E-state index contributed by atoms with van der Waals surface area (Å²) in [6.07, 6.45) is 0. The summed E-state index contributed by atoms with van der Waals surface area (Å²) in [6, 6.07) is 2.35. The number of carboxylic acids is 1. The van der Waals surface area contributed by atoms with E-state index in [-0.39, 0.29) is 11.8 Å². The molecule has 78 valence electrons. The van der Waals surface area contributed by atoms with Gasteiger partial charge in [-0.15, -0.1) is 0 Å². The highest BCUT2D eigenvalue weighted by atomic mass is 16.5. The molecule has 0 aliphatic carbocycles. The van der Waals surface area contributed by atoms with Crippen molar-refractivity contribution in [3.05, 3.63) is 12.1 Å². The minimum atomic E-state index is -1.82. The fourth-order valence-electron chi connectivity index (χ4n) is 1.13. The van der Waals surface area contributed by atoms with Crippen molar-refractivity contribution in [1.29, 1.82) is 0 Å². The molecule has 1 aromatic heterocycles. The second-order valence-corrected chi connectivity index (χ2v) is 2.88. The van der Waals surface area contributed by atoms with Crippen molar-refractivity contribution < 1.29 is 24.9 Å². The largest absolute Gasteiger partial charge is 0.494 e. The van der Waals surface area contributed by atoms with Gasteiger partial charge < -0.3 is 20.1 Å². The molecule has 0 aromatic carbocycles. The molecule has 0 radical (unpaired) electrons. The van der Waals surface area contributed by atoms with Crippen LogP contribution in [0.3, 0.4) is 0 Å². The van der Waals surface area contributed by atoms with E-state index in [0.717, 1.165) is 4.57 Å². The number of aromatic nitrogens is 1. The number of nitrogens with zero attached hydrogens (tertiary/aromatic N) is 1. The molecule has 6 nitrogen and oxygen atoms in total. The average molecular weight is 201 g/mol. The molecule has 0 unspecified atom stereocenters. The molecule has 3 N–H and O–H groups in total. The molecule has 1 atom stereocenters. The van der Waals surface area contributed by atoms with E-state index in [9.17, 15) is 15.0 Å². The summed E-state index contributed by atoms with van der Waals surface area (Å²) in [7, 11) is 1.17. The Balaban J connectivity index is 3.32. The van der Waals surface area contributed by atoms with E-state index in [0.29, 0.717) is 0 Å². The maximum atomic E-state index is 10.9. The zero-order valence-corrected chi connectivity index (χ0v) is 7.76. The number of carbonyl (C=O) groups is 1. The minimum Gasteiger partial charge on any atom is -0.494 e. The van der Waals surface area contributed by atoms with Crippen LogP contribution in [0, 0.1) is 0 Å². The van der Waals surface area contributed by atoms with E-state index in [1.165, 1.54) is 26.2 Å². The van der Waals surface area contributed by atoms with Crippen LogP contribution in [0.25, 0.3) is 0 Å². The topological polar surface area (TPSA) is 91.9 Å². The van der Waals surface area contributed by atoms with E-state index < -0.39 is 11.7 Å². The van der Waals surface area contributed by atoms with Gasteiger partial charge in [0.1, 0.15) is 0 Å². The quantitative estimate of drug-likeness (QED) is 0.654. The Morgan fingerprint density at radius 2 is 1.86 bits per heavy atom. The Morgan fingerprint density at radius 1 is 1.43 bits per heavy atom. The van der Waals surface area contributed by atoms with Crippen molar-refractivity contribution in [3.63, 3.8) is 0 Å². The van der Waals surface area contributed by atoms with E-state index in [2.05, 4.69) is 0 Å². The van der Waals surface area contributed by atoms with Crippen molar-refractivity contribution in [2.24, 2.45) is 0 Å². The van der Waals surface area contributed by atoms with Crippen molar-refractivity contribution in [1.82, 2.24) is 4.57 Å². The first kappa shape index (κ1) is 10.4. The van der Waals surface area contributed by atoms with Crippen LogP contribution in [-0.2, 0) is 15.3 Å². The summed E-state index contributed by atoms with van der Waals surface area (Å²) in [6.45, 7) is 1.22. The lowest BCUT2D eigenvalue weighted by atomic mass is 10.2. The molecular weight excluding hydrogens is 190 g/mol. The lowest BCUT2D eigenvalue weighted by Crippen LogP contribution is -2.40. The molecule has 14 heavy (non-hydrogen) atoms. The van der Waals surface area contributed by atoms with Crippen LogP contribution >= 0.6 is 0 Å². The molecule has 1 aromatic rings. The first-order valence-corrected chi connectivity index (χ1v) is 3.82. The average Bonchev–Trinajstić information content (AvgIpc) is 2.45. The first-order valence-electron chi connectivity index (χ1n) is 3.82. The molecule has 0 spiro atoms. The summed E-state index contributed by atoms with van der Waals surface area (Å²) >= 11 is 0. The highest BCUT2D eigenvalue weighted by molar-refractivity contribution is 5.75. The molecule has 1 heterocycles. The van der Waals surface area contributed by atoms with Gasteiger partial charge in [-0.2, -0.15) is 0 Å². The number of aliphatic carboxylic acids is 1. The van der Waals surface area contributed by atoms with Crippen LogP contribution in [0.4, 0.5) is 0 Å². The monoisotopic (exact) mass is 201 g/mol. The van der Waals surface area contributed by atoms with Crippen LogP contribution in [0.15, 0.2) is 12.1 Å². The number of ether oxygens (including phenoxy) is 1. The Labute approximate surface area is 80.0 Å². The van der Waals surface area contributed by atoms with E-state index in [1.54, 1.807) is 0 Å². The normalized spacial score (nSPS) is 15.0. The predicted molar refractivity (Wildman–Crippen MR) is 46.1 cm³/mol. The van der Waals surface area contributed by atoms with Gasteiger partial charge in [0, 0.05) is 19.2 Å². The molecule has 0 saturated heterocycles. The summed E-state index contributed by atoms with van der Waals surface area (Å²) in [5.41, 5.74) is -1.82. The summed E-state index contributed by atoms with van der Waals surface area (Å²) < 4.78 is 5.52. The number of methoxy groups -OCH3 is 1. The Morgan fingerprint density at radius 3 is 2.14 bits per heavy atom. The van der Waals surface area contributed by atoms with Gasteiger partial charge in [0.05, 0.1) is 0 Å². The maximum absolute atomic E-state index is 10.9. The van der Waals surface area contributed by atoms with Crippen LogP contribution in [0.1, 0.15) is 6.92 Å². The molecule has 6 heteroatoms. The minimum absolute atomic E-state index is 0.380. The maximum Gasteiger partial charge on any atom is 0.357 e. The standard InChI is InChI=1S/C8H11NO5/c1-8(14-2,7(12)13)9-5(10)3-4-6(9)11/h3-4,10-11H,1-2H3,(H,12,13)/t8-/m1/s1. The van der Waals surface area contributed by atoms with Crippen molar-refractivity contribution in [2.75, 3.05) is 7.11 Å². The van der Waals surface area contributed by atoms with Gasteiger partial charge in [-0.3, -0.25) is 0 Å². The first-order chi connectivity index (χ1) is 6.43. The lowest BCUT2D eigenvalue weighted by molar-refractivity contribution is -0.174. The smallest absolute Gasteiger partial charge is 0.357 e. The van der Waals surface area contributed by atoms with Crippen LogP contribution in [0.2, 0.25) is 0 Å².